The van der Waals surface area contributed by atoms with Crippen LogP contribution in [0.5, 0.6) is 0 Å². The van der Waals surface area contributed by atoms with Gasteiger partial charge in [-0.1, -0.05) is 51.9 Å². The van der Waals surface area contributed by atoms with Crippen LogP contribution in [-0.4, -0.2) is 16.9 Å². The Morgan fingerprint density at radius 3 is 1.57 bits per heavy atom. The molecule has 0 aromatic heterocycles. The van der Waals surface area contributed by atoms with Crippen molar-refractivity contribution in [1.82, 2.24) is 0 Å². The molecule has 0 aromatic rings. The summed E-state index contributed by atoms with van der Waals surface area (Å²) < 4.78 is 0. The molecule has 0 aliphatic heterocycles. The van der Waals surface area contributed by atoms with Gasteiger partial charge in [0.05, 0.1) is 0 Å². The molecule has 0 aliphatic rings. The van der Waals surface area contributed by atoms with Crippen molar-refractivity contribution in [2.45, 2.75) is 92.4 Å². The summed E-state index contributed by atoms with van der Waals surface area (Å²) in [5, 5.41) is 9.03. The summed E-state index contributed by atoms with van der Waals surface area (Å²) in [5.74, 6) is -0.781. The predicted octanol–water partition coefficient (Wildman–Crippen LogP) is 5.84. The molecule has 0 saturated carbocycles. The number of hydrogen-bond donors (Lipinski definition) is 1. The van der Waals surface area contributed by atoms with Gasteiger partial charge in [0.1, 0.15) is 0 Å². The van der Waals surface area contributed by atoms with E-state index < -0.39 is 5.97 Å². The molecule has 23 heavy (non-hydrogen) atoms. The summed E-state index contributed by atoms with van der Waals surface area (Å²) in [4.78, 5) is 23.2. The minimum atomic E-state index is -0.926. The number of unbranched alkanes of at least 4 members (excludes halogenated alkanes) is 7. The Kier molecular flexibility index (Phi) is 11.4. The van der Waals surface area contributed by atoms with E-state index in [2.05, 4.69) is 6.92 Å². The number of carboxylic acid groups (broad SMARTS) is 1. The molecule has 0 spiro atoms. The fourth-order valence-electron chi connectivity index (χ4n) is 2.54. The van der Waals surface area contributed by atoms with Crippen molar-refractivity contribution in [3.8, 4) is 0 Å². The van der Waals surface area contributed by atoms with Crippen molar-refractivity contribution < 1.29 is 14.7 Å². The van der Waals surface area contributed by atoms with Crippen LogP contribution in [0.15, 0.2) is 22.3 Å². The molecule has 0 aromatic carbocycles. The Labute approximate surface area is 141 Å². The summed E-state index contributed by atoms with van der Waals surface area (Å²) in [7, 11) is 0. The van der Waals surface area contributed by atoms with Gasteiger partial charge in [0, 0.05) is 12.0 Å². The van der Waals surface area contributed by atoms with Gasteiger partial charge in [0.15, 0.2) is 5.78 Å². The van der Waals surface area contributed by atoms with Crippen LogP contribution in [0.2, 0.25) is 0 Å². The van der Waals surface area contributed by atoms with Crippen LogP contribution in [0.25, 0.3) is 0 Å². The third kappa shape index (κ3) is 8.73. The molecule has 1 N–H and O–H groups in total. The summed E-state index contributed by atoms with van der Waals surface area (Å²) in [6.45, 7) is 9.21. The van der Waals surface area contributed by atoms with Crippen LogP contribution >= 0.6 is 0 Å². The highest BCUT2D eigenvalue weighted by molar-refractivity contribution is 5.97. The van der Waals surface area contributed by atoms with E-state index >= 15 is 0 Å². The van der Waals surface area contributed by atoms with Gasteiger partial charge in [-0.15, -0.1) is 0 Å². The van der Waals surface area contributed by atoms with Crippen molar-refractivity contribution in [2.75, 3.05) is 0 Å². The minimum absolute atomic E-state index is 0.144. The standard InChI is InChI=1S/C20H34O3/c1-6-7-8-9-10-11-12-13-14-19(21)17(4)15(2)16(3)18(5)20(22)23/h6-14H2,1-5H3,(H,22,23). The molecule has 3 heteroatoms. The second-order valence-electron chi connectivity index (χ2n) is 6.45. The third-order valence-corrected chi connectivity index (χ3v) is 4.68. The topological polar surface area (TPSA) is 54.4 Å². The molecule has 0 unspecified atom stereocenters. The van der Waals surface area contributed by atoms with Gasteiger partial charge in [-0.05, 0) is 50.8 Å². The molecular formula is C20H34O3. The Morgan fingerprint density at radius 2 is 1.09 bits per heavy atom. The lowest BCUT2D eigenvalue weighted by molar-refractivity contribution is -0.132. The highest BCUT2D eigenvalue weighted by Crippen LogP contribution is 2.20. The number of allylic oxidation sites excluding steroid dienone is 3. The summed E-state index contributed by atoms with van der Waals surface area (Å²) in [5.41, 5.74) is 2.50. The summed E-state index contributed by atoms with van der Waals surface area (Å²) in [6, 6.07) is 0. The summed E-state index contributed by atoms with van der Waals surface area (Å²) >= 11 is 0. The van der Waals surface area contributed by atoms with Gasteiger partial charge in [-0.2, -0.15) is 0 Å². The fourth-order valence-corrected chi connectivity index (χ4v) is 2.54. The van der Waals surface area contributed by atoms with Crippen molar-refractivity contribution >= 4 is 11.8 Å². The maximum absolute atomic E-state index is 12.2. The van der Waals surface area contributed by atoms with E-state index in [1.165, 1.54) is 38.5 Å². The molecule has 0 atom stereocenters. The first-order valence-corrected chi connectivity index (χ1v) is 8.94. The lowest BCUT2D eigenvalue weighted by Crippen LogP contribution is -2.06. The van der Waals surface area contributed by atoms with Crippen LogP contribution < -0.4 is 0 Å². The average Bonchev–Trinajstić information content (AvgIpc) is 2.54. The predicted molar refractivity (Wildman–Crippen MR) is 96.6 cm³/mol. The molecule has 0 radical (unpaired) electrons. The normalized spacial score (nSPS) is 13.4. The van der Waals surface area contributed by atoms with E-state index in [0.717, 1.165) is 18.4 Å². The summed E-state index contributed by atoms with van der Waals surface area (Å²) in [6.07, 6.45) is 10.3. The Morgan fingerprint density at radius 1 is 0.652 bits per heavy atom. The zero-order chi connectivity index (χ0) is 17.8. The number of carbonyl (C=O) groups excluding carboxylic acids is 1. The Hall–Kier alpha value is -1.38. The zero-order valence-corrected chi connectivity index (χ0v) is 15.6. The molecule has 0 fully saturated rings. The molecule has 0 bridgehead atoms. The lowest BCUT2D eigenvalue weighted by atomic mass is 9.95. The number of aliphatic carboxylic acids is 1. The molecule has 3 nitrogen and oxygen atoms in total. The van der Waals surface area contributed by atoms with E-state index in [4.69, 9.17) is 5.11 Å². The van der Waals surface area contributed by atoms with Crippen LogP contribution in [0.3, 0.4) is 0 Å². The molecule has 0 aliphatic carbocycles. The second-order valence-corrected chi connectivity index (χ2v) is 6.45. The Balaban J connectivity index is 4.27. The maximum Gasteiger partial charge on any atom is 0.331 e. The van der Waals surface area contributed by atoms with Crippen molar-refractivity contribution in [3.63, 3.8) is 0 Å². The molecular weight excluding hydrogens is 288 g/mol. The largest absolute Gasteiger partial charge is 0.478 e. The van der Waals surface area contributed by atoms with Crippen LogP contribution in [0, 0.1) is 0 Å². The van der Waals surface area contributed by atoms with Crippen LogP contribution in [0.1, 0.15) is 92.4 Å². The average molecular weight is 322 g/mol. The van der Waals surface area contributed by atoms with E-state index in [1.54, 1.807) is 20.8 Å². The van der Waals surface area contributed by atoms with Gasteiger partial charge in [-0.3, -0.25) is 4.79 Å². The second kappa shape index (κ2) is 12.1. The van der Waals surface area contributed by atoms with Gasteiger partial charge >= 0.3 is 5.97 Å². The lowest BCUT2D eigenvalue weighted by Gasteiger charge is -2.10. The van der Waals surface area contributed by atoms with Crippen molar-refractivity contribution in [1.29, 1.82) is 0 Å². The van der Waals surface area contributed by atoms with E-state index in [9.17, 15) is 9.59 Å². The van der Waals surface area contributed by atoms with Gasteiger partial charge < -0.3 is 5.11 Å². The maximum atomic E-state index is 12.2. The molecule has 0 saturated heterocycles. The van der Waals surface area contributed by atoms with Crippen molar-refractivity contribution in [2.24, 2.45) is 0 Å². The first-order chi connectivity index (χ1) is 10.8. The third-order valence-electron chi connectivity index (χ3n) is 4.68. The number of rotatable bonds is 12. The first-order valence-electron chi connectivity index (χ1n) is 8.94. The molecule has 0 rings (SSSR count). The zero-order valence-electron chi connectivity index (χ0n) is 15.6. The molecule has 0 amide bonds. The minimum Gasteiger partial charge on any atom is -0.478 e. The number of Topliss-reactive ketones (excluding diaryl/α,β-unsaturated/α-hetero) is 1. The number of hydrogen-bond acceptors (Lipinski definition) is 2. The monoisotopic (exact) mass is 322 g/mol. The molecule has 132 valence electrons. The Bertz CT molecular complexity index is 456. The fraction of sp³-hybridized carbons (Fsp3) is 0.700. The first kappa shape index (κ1) is 21.6. The van der Waals surface area contributed by atoms with Crippen LogP contribution in [-0.2, 0) is 9.59 Å². The van der Waals surface area contributed by atoms with E-state index in [-0.39, 0.29) is 5.78 Å². The van der Waals surface area contributed by atoms with Gasteiger partial charge in [-0.25, -0.2) is 4.79 Å². The number of carboxylic acids is 1. The van der Waals surface area contributed by atoms with Crippen molar-refractivity contribution in [3.05, 3.63) is 22.3 Å². The quantitative estimate of drug-likeness (QED) is 0.279. The van der Waals surface area contributed by atoms with E-state index in [0.29, 0.717) is 23.1 Å². The highest BCUT2D eigenvalue weighted by Gasteiger charge is 2.12. The van der Waals surface area contributed by atoms with Gasteiger partial charge in [0.2, 0.25) is 0 Å². The van der Waals surface area contributed by atoms with E-state index in [1.807, 2.05) is 6.92 Å². The van der Waals surface area contributed by atoms with Gasteiger partial charge in [0.25, 0.3) is 0 Å². The number of ketones is 1. The van der Waals surface area contributed by atoms with Crippen LogP contribution in [0.4, 0.5) is 0 Å². The number of carbonyl (C=O) groups is 2. The molecule has 0 heterocycles. The highest BCUT2D eigenvalue weighted by atomic mass is 16.4. The SMILES string of the molecule is CCCCCCCCCCC(=O)C(C)=C(C)C(C)=C(C)C(=O)O. The smallest absolute Gasteiger partial charge is 0.331 e.